The smallest absolute Gasteiger partial charge is 0.258 e. The lowest BCUT2D eigenvalue weighted by atomic mass is 10.0. The van der Waals surface area contributed by atoms with E-state index in [1.165, 1.54) is 10.7 Å². The standard InChI is InChI=1S/C20H14N4O2/c25-24(26)20-9-5-4-8-19(20)23-14-18(21-22-23)17-12-10-16(11-13-17)15-6-2-1-3-7-15/h1-14H. The van der Waals surface area contributed by atoms with Crippen molar-refractivity contribution in [3.8, 4) is 28.1 Å². The molecule has 6 nitrogen and oxygen atoms in total. The number of hydrogen-bond donors (Lipinski definition) is 0. The van der Waals surface area contributed by atoms with Gasteiger partial charge in [0, 0.05) is 11.6 Å². The van der Waals surface area contributed by atoms with Crippen LogP contribution < -0.4 is 0 Å². The first-order chi connectivity index (χ1) is 12.7. The average Bonchev–Trinajstić information content (AvgIpc) is 3.19. The van der Waals surface area contributed by atoms with Gasteiger partial charge in [-0.15, -0.1) is 5.10 Å². The third kappa shape index (κ3) is 2.95. The van der Waals surface area contributed by atoms with Crippen LogP contribution in [0.2, 0.25) is 0 Å². The molecule has 0 aliphatic rings. The summed E-state index contributed by atoms with van der Waals surface area (Å²) in [6, 6.07) is 24.5. The number of hydrogen-bond acceptors (Lipinski definition) is 4. The lowest BCUT2D eigenvalue weighted by molar-refractivity contribution is -0.384. The van der Waals surface area contributed by atoms with Crippen LogP contribution in [0.3, 0.4) is 0 Å². The molecule has 3 aromatic carbocycles. The van der Waals surface area contributed by atoms with E-state index in [-0.39, 0.29) is 5.69 Å². The third-order valence-electron chi connectivity index (χ3n) is 4.11. The van der Waals surface area contributed by atoms with Crippen LogP contribution in [-0.2, 0) is 0 Å². The monoisotopic (exact) mass is 342 g/mol. The zero-order chi connectivity index (χ0) is 17.9. The molecule has 4 rings (SSSR count). The first-order valence-electron chi connectivity index (χ1n) is 8.04. The summed E-state index contributed by atoms with van der Waals surface area (Å²) in [5, 5.41) is 19.4. The minimum atomic E-state index is -0.425. The zero-order valence-corrected chi connectivity index (χ0v) is 13.7. The first-order valence-corrected chi connectivity index (χ1v) is 8.04. The number of para-hydroxylation sites is 2. The van der Waals surface area contributed by atoms with Crippen molar-refractivity contribution in [1.82, 2.24) is 15.0 Å². The van der Waals surface area contributed by atoms with Crippen LogP contribution in [0.5, 0.6) is 0 Å². The minimum Gasteiger partial charge on any atom is -0.258 e. The van der Waals surface area contributed by atoms with E-state index in [4.69, 9.17) is 0 Å². The van der Waals surface area contributed by atoms with Crippen molar-refractivity contribution in [2.45, 2.75) is 0 Å². The van der Waals surface area contributed by atoms with Gasteiger partial charge in [0.25, 0.3) is 5.69 Å². The molecule has 0 aliphatic carbocycles. The van der Waals surface area contributed by atoms with Crippen LogP contribution >= 0.6 is 0 Å². The van der Waals surface area contributed by atoms with Crippen molar-refractivity contribution in [2.24, 2.45) is 0 Å². The fourth-order valence-electron chi connectivity index (χ4n) is 2.79. The Hall–Kier alpha value is -3.80. The second kappa shape index (κ2) is 6.60. The van der Waals surface area contributed by atoms with Crippen molar-refractivity contribution in [2.75, 3.05) is 0 Å². The van der Waals surface area contributed by atoms with Gasteiger partial charge in [-0.2, -0.15) is 0 Å². The summed E-state index contributed by atoms with van der Waals surface area (Å²) in [6.07, 6.45) is 1.69. The van der Waals surface area contributed by atoms with Crippen LogP contribution in [0.15, 0.2) is 85.1 Å². The second-order valence-corrected chi connectivity index (χ2v) is 5.74. The Balaban J connectivity index is 1.66. The lowest BCUT2D eigenvalue weighted by Gasteiger charge is -2.02. The predicted molar refractivity (Wildman–Crippen MR) is 98.9 cm³/mol. The highest BCUT2D eigenvalue weighted by atomic mass is 16.6. The molecule has 0 spiro atoms. The number of benzene rings is 3. The second-order valence-electron chi connectivity index (χ2n) is 5.74. The maximum absolute atomic E-state index is 11.2. The number of aromatic nitrogens is 3. The van der Waals surface area contributed by atoms with Gasteiger partial charge in [0.1, 0.15) is 11.4 Å². The van der Waals surface area contributed by atoms with Crippen LogP contribution in [-0.4, -0.2) is 19.9 Å². The van der Waals surface area contributed by atoms with E-state index in [0.29, 0.717) is 11.4 Å². The number of nitro groups is 1. The van der Waals surface area contributed by atoms with Gasteiger partial charge in [-0.05, 0) is 17.2 Å². The molecule has 0 unspecified atom stereocenters. The molecule has 1 aromatic heterocycles. The van der Waals surface area contributed by atoms with E-state index in [9.17, 15) is 10.1 Å². The molecule has 0 fully saturated rings. The van der Waals surface area contributed by atoms with E-state index in [0.717, 1.165) is 16.7 Å². The molecule has 0 N–H and O–H groups in total. The highest BCUT2D eigenvalue weighted by Gasteiger charge is 2.16. The Labute approximate surface area is 149 Å². The molecule has 0 aliphatic heterocycles. The van der Waals surface area contributed by atoms with Crippen molar-refractivity contribution >= 4 is 5.69 Å². The van der Waals surface area contributed by atoms with Gasteiger partial charge in [-0.1, -0.05) is 71.9 Å². The summed E-state index contributed by atoms with van der Waals surface area (Å²) < 4.78 is 1.43. The molecule has 0 amide bonds. The predicted octanol–water partition coefficient (Wildman–Crippen LogP) is 4.51. The summed E-state index contributed by atoms with van der Waals surface area (Å²) in [6.45, 7) is 0. The molecular formula is C20H14N4O2. The molecular weight excluding hydrogens is 328 g/mol. The summed E-state index contributed by atoms with van der Waals surface area (Å²) >= 11 is 0. The number of nitrogens with zero attached hydrogens (tertiary/aromatic N) is 4. The van der Waals surface area contributed by atoms with Crippen LogP contribution in [0, 0.1) is 10.1 Å². The average molecular weight is 342 g/mol. The van der Waals surface area contributed by atoms with Crippen LogP contribution in [0.1, 0.15) is 0 Å². The quantitative estimate of drug-likeness (QED) is 0.404. The first kappa shape index (κ1) is 15.7. The molecule has 0 saturated heterocycles. The number of nitro benzene ring substituents is 1. The van der Waals surface area contributed by atoms with Gasteiger partial charge in [-0.25, -0.2) is 4.68 Å². The van der Waals surface area contributed by atoms with Crippen LogP contribution in [0.4, 0.5) is 5.69 Å². The fraction of sp³-hybridized carbons (Fsp3) is 0. The normalized spacial score (nSPS) is 10.6. The van der Waals surface area contributed by atoms with E-state index in [1.54, 1.807) is 24.4 Å². The minimum absolute atomic E-state index is 0.0108. The maximum atomic E-state index is 11.2. The molecule has 0 saturated carbocycles. The highest BCUT2D eigenvalue weighted by molar-refractivity contribution is 5.68. The van der Waals surface area contributed by atoms with Crippen molar-refractivity contribution in [3.05, 3.63) is 95.2 Å². The summed E-state index contributed by atoms with van der Waals surface area (Å²) in [5.41, 5.74) is 4.18. The van der Waals surface area contributed by atoms with Gasteiger partial charge in [0.15, 0.2) is 0 Å². The molecule has 0 atom stereocenters. The molecule has 4 aromatic rings. The van der Waals surface area contributed by atoms with Crippen LogP contribution in [0.25, 0.3) is 28.1 Å². The highest BCUT2D eigenvalue weighted by Crippen LogP contribution is 2.26. The maximum Gasteiger partial charge on any atom is 0.294 e. The van der Waals surface area contributed by atoms with Crippen molar-refractivity contribution < 1.29 is 4.92 Å². The Morgan fingerprint density at radius 3 is 2.12 bits per heavy atom. The van der Waals surface area contributed by atoms with E-state index >= 15 is 0 Å². The van der Waals surface area contributed by atoms with Gasteiger partial charge < -0.3 is 0 Å². The Morgan fingerprint density at radius 1 is 0.769 bits per heavy atom. The summed E-state index contributed by atoms with van der Waals surface area (Å²) in [7, 11) is 0. The van der Waals surface area contributed by atoms with Crippen molar-refractivity contribution in [3.63, 3.8) is 0 Å². The summed E-state index contributed by atoms with van der Waals surface area (Å²) in [4.78, 5) is 10.8. The largest absolute Gasteiger partial charge is 0.294 e. The Morgan fingerprint density at radius 2 is 1.38 bits per heavy atom. The van der Waals surface area contributed by atoms with Gasteiger partial charge >= 0.3 is 0 Å². The van der Waals surface area contributed by atoms with E-state index in [1.807, 2.05) is 42.5 Å². The topological polar surface area (TPSA) is 73.8 Å². The molecule has 0 bridgehead atoms. The van der Waals surface area contributed by atoms with E-state index < -0.39 is 4.92 Å². The van der Waals surface area contributed by atoms with Gasteiger partial charge in [-0.3, -0.25) is 10.1 Å². The molecule has 0 radical (unpaired) electrons. The molecule has 126 valence electrons. The zero-order valence-electron chi connectivity index (χ0n) is 13.7. The van der Waals surface area contributed by atoms with E-state index in [2.05, 4.69) is 22.4 Å². The lowest BCUT2D eigenvalue weighted by Crippen LogP contribution is -2.00. The van der Waals surface area contributed by atoms with Crippen molar-refractivity contribution in [1.29, 1.82) is 0 Å². The summed E-state index contributed by atoms with van der Waals surface area (Å²) in [5.74, 6) is 0. The third-order valence-corrected chi connectivity index (χ3v) is 4.11. The van der Waals surface area contributed by atoms with Gasteiger partial charge in [0.05, 0.1) is 11.1 Å². The molecule has 26 heavy (non-hydrogen) atoms. The Kier molecular flexibility index (Phi) is 3.99. The molecule has 6 heteroatoms. The molecule has 1 heterocycles. The Bertz CT molecular complexity index is 1060. The number of rotatable bonds is 4. The fourth-order valence-corrected chi connectivity index (χ4v) is 2.79. The van der Waals surface area contributed by atoms with Gasteiger partial charge in [0.2, 0.25) is 0 Å². The SMILES string of the molecule is O=[N+]([O-])c1ccccc1-n1cc(-c2ccc(-c3ccccc3)cc2)nn1.